The maximum Gasteiger partial charge on any atom is 0.416 e. The minimum atomic E-state index is -5.26. The fraction of sp³-hybridized carbons (Fsp3) is 0.100. The van der Waals surface area contributed by atoms with E-state index in [0.717, 1.165) is 48.5 Å². The number of rotatable bonds is 5. The summed E-state index contributed by atoms with van der Waals surface area (Å²) in [7, 11) is -4.71. The van der Waals surface area contributed by atoms with Crippen molar-refractivity contribution in [1.29, 1.82) is 0 Å². The van der Waals surface area contributed by atoms with Crippen LogP contribution in [-0.4, -0.2) is 9.85 Å². The largest absolute Gasteiger partial charge is 0.416 e. The van der Waals surface area contributed by atoms with Gasteiger partial charge in [-0.25, -0.2) is 0 Å². The standard InChI is InChI=1S/C20H11F6N2O5P/c21-19(22,23)12-7-13(20(24,25)26)9-18(8-12)34(33,16-5-1-3-14(10-16)27(29)30)17-6-2-4-15(11-17)28(31)32/h1-11H. The van der Waals surface area contributed by atoms with E-state index in [-0.39, 0.29) is 18.2 Å². The molecule has 0 aromatic heterocycles. The third-order valence-corrected chi connectivity index (χ3v) is 7.74. The van der Waals surface area contributed by atoms with Crippen molar-refractivity contribution in [2.75, 3.05) is 0 Å². The normalized spacial score (nSPS) is 12.4. The predicted molar refractivity (Wildman–Crippen MR) is 109 cm³/mol. The van der Waals surface area contributed by atoms with Crippen molar-refractivity contribution in [3.05, 3.63) is 98.1 Å². The molecule has 0 radical (unpaired) electrons. The fourth-order valence-electron chi connectivity index (χ4n) is 3.17. The Balaban J connectivity index is 2.46. The zero-order valence-corrected chi connectivity index (χ0v) is 17.4. The van der Waals surface area contributed by atoms with E-state index in [2.05, 4.69) is 0 Å². The van der Waals surface area contributed by atoms with Gasteiger partial charge >= 0.3 is 12.4 Å². The summed E-state index contributed by atoms with van der Waals surface area (Å²) in [5, 5.41) is 20.5. The molecule has 0 saturated carbocycles. The van der Waals surface area contributed by atoms with Gasteiger partial charge in [0.05, 0.1) is 21.0 Å². The summed E-state index contributed by atoms with van der Waals surface area (Å²) in [5.74, 6) is 0. The van der Waals surface area contributed by atoms with E-state index in [1.165, 1.54) is 0 Å². The van der Waals surface area contributed by atoms with E-state index in [4.69, 9.17) is 0 Å². The molecule has 0 atom stereocenters. The van der Waals surface area contributed by atoms with Crippen LogP contribution in [-0.2, 0) is 16.9 Å². The lowest BCUT2D eigenvalue weighted by molar-refractivity contribution is -0.384. The number of halogens is 6. The Morgan fingerprint density at radius 3 is 1.32 bits per heavy atom. The monoisotopic (exact) mass is 504 g/mol. The van der Waals surface area contributed by atoms with Gasteiger partial charge in [-0.3, -0.25) is 20.2 Å². The average molecular weight is 504 g/mol. The van der Waals surface area contributed by atoms with Crippen LogP contribution in [0.5, 0.6) is 0 Å². The summed E-state index contributed by atoms with van der Waals surface area (Å²) >= 11 is 0. The molecule has 34 heavy (non-hydrogen) atoms. The minimum Gasteiger partial charge on any atom is -0.309 e. The molecule has 0 spiro atoms. The Labute approximate surface area is 186 Å². The van der Waals surface area contributed by atoms with Gasteiger partial charge in [-0.1, -0.05) is 24.3 Å². The first-order chi connectivity index (χ1) is 15.6. The molecule has 0 saturated heterocycles. The topological polar surface area (TPSA) is 103 Å². The molecule has 0 aliphatic rings. The van der Waals surface area contributed by atoms with E-state index in [0.29, 0.717) is 0 Å². The Bertz CT molecular complexity index is 1250. The molecule has 7 nitrogen and oxygen atoms in total. The lowest BCUT2D eigenvalue weighted by Crippen LogP contribution is -2.28. The molecule has 178 valence electrons. The highest BCUT2D eigenvalue weighted by atomic mass is 31.2. The SMILES string of the molecule is O=[N+]([O-])c1cccc(P(=O)(c2cccc([N+](=O)[O-])c2)c2cc(C(F)(F)F)cc(C(F)(F)F)c2)c1. The Kier molecular flexibility index (Phi) is 6.27. The zero-order chi connectivity index (χ0) is 25.5. The highest BCUT2D eigenvalue weighted by Gasteiger charge is 2.41. The number of nitro benzene ring substituents is 2. The fourth-order valence-corrected chi connectivity index (χ4v) is 5.93. The van der Waals surface area contributed by atoms with E-state index in [1.807, 2.05) is 0 Å². The van der Waals surface area contributed by atoms with Crippen molar-refractivity contribution < 1.29 is 40.8 Å². The van der Waals surface area contributed by atoms with E-state index in [9.17, 15) is 51.1 Å². The number of benzene rings is 3. The van der Waals surface area contributed by atoms with Gasteiger partial charge in [-0.05, 0) is 18.2 Å². The molecule has 0 aliphatic heterocycles. The van der Waals surface area contributed by atoms with Crippen LogP contribution in [0.15, 0.2) is 66.7 Å². The van der Waals surface area contributed by atoms with Gasteiger partial charge in [-0.2, -0.15) is 26.3 Å². The van der Waals surface area contributed by atoms with Gasteiger partial charge in [-0.15, -0.1) is 0 Å². The van der Waals surface area contributed by atoms with Crippen molar-refractivity contribution >= 4 is 34.4 Å². The number of nitro groups is 2. The number of hydrogen-bond acceptors (Lipinski definition) is 5. The lowest BCUT2D eigenvalue weighted by Gasteiger charge is -2.22. The van der Waals surface area contributed by atoms with Gasteiger partial charge in [0, 0.05) is 40.2 Å². The molecule has 0 N–H and O–H groups in total. The summed E-state index contributed by atoms with van der Waals surface area (Å²) in [6.07, 6.45) is -10.5. The van der Waals surface area contributed by atoms with Crippen molar-refractivity contribution in [2.45, 2.75) is 12.4 Å². The highest BCUT2D eigenvalue weighted by Crippen LogP contribution is 2.46. The van der Waals surface area contributed by atoms with Crippen LogP contribution < -0.4 is 15.9 Å². The molecule has 3 rings (SSSR count). The van der Waals surface area contributed by atoms with Crippen LogP contribution in [0.2, 0.25) is 0 Å². The first-order valence-corrected chi connectivity index (χ1v) is 10.7. The van der Waals surface area contributed by atoms with E-state index in [1.54, 1.807) is 0 Å². The first kappa shape index (κ1) is 24.9. The van der Waals surface area contributed by atoms with Gasteiger partial charge in [0.1, 0.15) is 0 Å². The molecular formula is C20H11F6N2O5P. The van der Waals surface area contributed by atoms with Gasteiger partial charge in [0.25, 0.3) is 11.4 Å². The highest BCUT2D eigenvalue weighted by molar-refractivity contribution is 7.85. The molecule has 0 aliphatic carbocycles. The quantitative estimate of drug-likeness (QED) is 0.206. The molecule has 3 aromatic carbocycles. The molecule has 3 aromatic rings. The van der Waals surface area contributed by atoms with E-state index < -0.39 is 67.8 Å². The van der Waals surface area contributed by atoms with Crippen LogP contribution in [0.3, 0.4) is 0 Å². The van der Waals surface area contributed by atoms with Crippen LogP contribution in [0.25, 0.3) is 0 Å². The Morgan fingerprint density at radius 2 is 1.00 bits per heavy atom. The molecule has 0 bridgehead atoms. The second kappa shape index (κ2) is 8.56. The molecular weight excluding hydrogens is 493 g/mol. The van der Waals surface area contributed by atoms with E-state index >= 15 is 0 Å². The second-order valence-electron chi connectivity index (χ2n) is 6.93. The third-order valence-electron chi connectivity index (χ3n) is 4.74. The molecule has 0 fully saturated rings. The number of nitrogens with zero attached hydrogens (tertiary/aromatic N) is 2. The number of non-ortho nitro benzene ring substituents is 2. The number of hydrogen-bond donors (Lipinski definition) is 0. The Hall–Kier alpha value is -3.73. The average Bonchev–Trinajstić information content (AvgIpc) is 2.77. The van der Waals surface area contributed by atoms with Crippen LogP contribution in [0.4, 0.5) is 37.7 Å². The van der Waals surface area contributed by atoms with Crippen LogP contribution in [0, 0.1) is 20.2 Å². The summed E-state index contributed by atoms with van der Waals surface area (Å²) in [6, 6.07) is 7.94. The first-order valence-electron chi connectivity index (χ1n) is 9.04. The molecule has 0 unspecified atom stereocenters. The Morgan fingerprint density at radius 1 is 0.618 bits per heavy atom. The third kappa shape index (κ3) is 4.79. The summed E-state index contributed by atoms with van der Waals surface area (Å²) in [6.45, 7) is 0. The maximum absolute atomic E-state index is 14.3. The maximum atomic E-state index is 14.3. The lowest BCUT2D eigenvalue weighted by atomic mass is 10.1. The van der Waals surface area contributed by atoms with Gasteiger partial charge in [0.2, 0.25) is 0 Å². The van der Waals surface area contributed by atoms with Crippen molar-refractivity contribution in [2.24, 2.45) is 0 Å². The summed E-state index contributed by atoms with van der Waals surface area (Å²) < 4.78 is 94.9. The van der Waals surface area contributed by atoms with Crippen LogP contribution in [0.1, 0.15) is 11.1 Å². The summed E-state index contributed by atoms with van der Waals surface area (Å²) in [4.78, 5) is 20.6. The molecule has 0 amide bonds. The number of alkyl halides is 6. The predicted octanol–water partition coefficient (Wildman–Crippen LogP) is 5.18. The van der Waals surface area contributed by atoms with Crippen LogP contribution >= 0.6 is 7.14 Å². The zero-order valence-electron chi connectivity index (χ0n) is 16.5. The van der Waals surface area contributed by atoms with Crippen molar-refractivity contribution in [3.63, 3.8) is 0 Å². The second-order valence-corrected chi connectivity index (χ2v) is 9.70. The van der Waals surface area contributed by atoms with Gasteiger partial charge < -0.3 is 4.57 Å². The smallest absolute Gasteiger partial charge is 0.309 e. The van der Waals surface area contributed by atoms with Crippen molar-refractivity contribution in [1.82, 2.24) is 0 Å². The summed E-state index contributed by atoms with van der Waals surface area (Å²) in [5.41, 5.74) is -4.78. The molecule has 14 heteroatoms. The molecule has 0 heterocycles. The van der Waals surface area contributed by atoms with Gasteiger partial charge in [0.15, 0.2) is 7.14 Å². The minimum absolute atomic E-state index is 0.158. The van der Waals surface area contributed by atoms with Crippen molar-refractivity contribution in [3.8, 4) is 0 Å².